The molecule has 24 heavy (non-hydrogen) atoms. The van der Waals surface area contributed by atoms with Crippen molar-refractivity contribution in [3.8, 4) is 5.88 Å². The molecule has 0 saturated heterocycles. The predicted molar refractivity (Wildman–Crippen MR) is 91.7 cm³/mol. The first-order chi connectivity index (χ1) is 11.7. The molecule has 2 heterocycles. The van der Waals surface area contributed by atoms with Gasteiger partial charge in [-0.1, -0.05) is 12.1 Å². The Morgan fingerprint density at radius 1 is 1.21 bits per heavy atom. The van der Waals surface area contributed by atoms with Crippen molar-refractivity contribution in [3.63, 3.8) is 0 Å². The lowest BCUT2D eigenvalue weighted by atomic mass is 9.92. The van der Waals surface area contributed by atoms with Gasteiger partial charge in [-0.15, -0.1) is 0 Å². The highest BCUT2D eigenvalue weighted by atomic mass is 16.5. The Hall–Kier alpha value is -2.43. The number of rotatable bonds is 5. The third-order valence-corrected chi connectivity index (χ3v) is 4.30. The smallest absolute Gasteiger partial charge is 0.224 e. The van der Waals surface area contributed by atoms with Crippen LogP contribution >= 0.6 is 0 Å². The molecule has 0 aliphatic heterocycles. The molecule has 2 aromatic heterocycles. The molecule has 0 unspecified atom stereocenters. The minimum absolute atomic E-state index is 0.0626. The van der Waals surface area contributed by atoms with Crippen molar-refractivity contribution in [1.29, 1.82) is 0 Å². The van der Waals surface area contributed by atoms with Crippen molar-refractivity contribution >= 4 is 5.91 Å². The Labute approximate surface area is 142 Å². The van der Waals surface area contributed by atoms with Gasteiger partial charge in [-0.2, -0.15) is 0 Å². The average molecular weight is 325 g/mol. The summed E-state index contributed by atoms with van der Waals surface area (Å²) in [6.07, 6.45) is 9.60. The van der Waals surface area contributed by atoms with Gasteiger partial charge < -0.3 is 10.1 Å². The third kappa shape index (κ3) is 4.78. The number of amides is 1. The first-order valence-electron chi connectivity index (χ1n) is 8.46. The number of carbonyl (C=O) groups is 1. The molecule has 2 aromatic rings. The molecule has 0 atom stereocenters. The van der Waals surface area contributed by atoms with Gasteiger partial charge in [0.1, 0.15) is 6.10 Å². The second kappa shape index (κ2) is 7.90. The molecular formula is C19H23N3O2. The molecule has 126 valence electrons. The largest absolute Gasteiger partial charge is 0.474 e. The highest BCUT2D eigenvalue weighted by Crippen LogP contribution is 2.23. The summed E-state index contributed by atoms with van der Waals surface area (Å²) in [7, 11) is 0. The van der Waals surface area contributed by atoms with Crippen LogP contribution in [0, 0.1) is 6.92 Å². The van der Waals surface area contributed by atoms with E-state index in [0.717, 1.165) is 36.8 Å². The SMILES string of the molecule is Cc1ccc(OC2CCC(NC(=O)Cc3cccnc3)CC2)nc1. The number of hydrogen-bond acceptors (Lipinski definition) is 4. The number of nitrogens with zero attached hydrogens (tertiary/aromatic N) is 2. The van der Waals surface area contributed by atoms with Gasteiger partial charge >= 0.3 is 0 Å². The van der Waals surface area contributed by atoms with Crippen LogP contribution in [0.15, 0.2) is 42.9 Å². The van der Waals surface area contributed by atoms with Crippen molar-refractivity contribution in [2.75, 3.05) is 0 Å². The van der Waals surface area contributed by atoms with Crippen molar-refractivity contribution in [1.82, 2.24) is 15.3 Å². The lowest BCUT2D eigenvalue weighted by molar-refractivity contribution is -0.121. The molecule has 5 nitrogen and oxygen atoms in total. The molecule has 1 saturated carbocycles. The summed E-state index contributed by atoms with van der Waals surface area (Å²) in [5.41, 5.74) is 2.07. The molecule has 1 N–H and O–H groups in total. The molecule has 1 aliphatic carbocycles. The van der Waals surface area contributed by atoms with E-state index in [-0.39, 0.29) is 18.1 Å². The van der Waals surface area contributed by atoms with Gasteiger partial charge in [0, 0.05) is 30.7 Å². The Kier molecular flexibility index (Phi) is 5.41. The van der Waals surface area contributed by atoms with Gasteiger partial charge in [-0.25, -0.2) is 4.98 Å². The number of hydrogen-bond donors (Lipinski definition) is 1. The number of carbonyl (C=O) groups excluding carboxylic acids is 1. The van der Waals surface area contributed by atoms with Crippen LogP contribution < -0.4 is 10.1 Å². The first kappa shape index (κ1) is 16.4. The quantitative estimate of drug-likeness (QED) is 0.918. The van der Waals surface area contributed by atoms with Crippen LogP contribution in [-0.4, -0.2) is 28.0 Å². The van der Waals surface area contributed by atoms with E-state index in [4.69, 9.17) is 4.74 Å². The van der Waals surface area contributed by atoms with E-state index in [9.17, 15) is 4.79 Å². The second-order valence-corrected chi connectivity index (χ2v) is 6.37. The minimum atomic E-state index is 0.0626. The number of pyridine rings is 2. The van der Waals surface area contributed by atoms with Crippen LogP contribution in [0.25, 0.3) is 0 Å². The van der Waals surface area contributed by atoms with Crippen LogP contribution in [0.5, 0.6) is 5.88 Å². The van der Waals surface area contributed by atoms with Crippen LogP contribution in [0.1, 0.15) is 36.8 Å². The molecule has 3 rings (SSSR count). The van der Waals surface area contributed by atoms with Gasteiger partial charge in [-0.3, -0.25) is 9.78 Å². The van der Waals surface area contributed by atoms with Crippen LogP contribution in [-0.2, 0) is 11.2 Å². The summed E-state index contributed by atoms with van der Waals surface area (Å²) in [6.45, 7) is 2.01. The number of ether oxygens (including phenoxy) is 1. The van der Waals surface area contributed by atoms with Gasteiger partial charge in [0.15, 0.2) is 0 Å². The Morgan fingerprint density at radius 2 is 2.04 bits per heavy atom. The zero-order valence-electron chi connectivity index (χ0n) is 13.9. The Balaban J connectivity index is 1.41. The van der Waals surface area contributed by atoms with Crippen molar-refractivity contribution < 1.29 is 9.53 Å². The normalized spacial score (nSPS) is 20.4. The lowest BCUT2D eigenvalue weighted by Gasteiger charge is -2.29. The zero-order valence-corrected chi connectivity index (χ0v) is 13.9. The first-order valence-corrected chi connectivity index (χ1v) is 8.46. The molecule has 0 radical (unpaired) electrons. The summed E-state index contributed by atoms with van der Waals surface area (Å²) < 4.78 is 5.93. The van der Waals surface area contributed by atoms with Gasteiger partial charge in [0.25, 0.3) is 0 Å². The van der Waals surface area contributed by atoms with E-state index in [1.54, 1.807) is 12.4 Å². The van der Waals surface area contributed by atoms with E-state index in [1.807, 2.05) is 37.4 Å². The summed E-state index contributed by atoms with van der Waals surface area (Å²) in [5.74, 6) is 0.747. The van der Waals surface area contributed by atoms with Gasteiger partial charge in [0.2, 0.25) is 11.8 Å². The maximum absolute atomic E-state index is 12.1. The van der Waals surface area contributed by atoms with Crippen molar-refractivity contribution in [2.24, 2.45) is 0 Å². The summed E-state index contributed by atoms with van der Waals surface area (Å²) in [6, 6.07) is 7.93. The predicted octanol–water partition coefficient (Wildman–Crippen LogP) is 2.83. The molecule has 5 heteroatoms. The van der Waals surface area contributed by atoms with Gasteiger partial charge in [0.05, 0.1) is 6.42 Å². The molecular weight excluding hydrogens is 302 g/mol. The Morgan fingerprint density at radius 3 is 2.71 bits per heavy atom. The molecule has 1 amide bonds. The fraction of sp³-hybridized carbons (Fsp3) is 0.421. The summed E-state index contributed by atoms with van der Waals surface area (Å²) >= 11 is 0. The average Bonchev–Trinajstić information content (AvgIpc) is 2.59. The molecule has 0 spiro atoms. The fourth-order valence-corrected chi connectivity index (χ4v) is 2.99. The Bertz CT molecular complexity index is 650. The fourth-order valence-electron chi connectivity index (χ4n) is 2.99. The highest BCUT2D eigenvalue weighted by molar-refractivity contribution is 5.78. The molecule has 0 bridgehead atoms. The maximum atomic E-state index is 12.1. The van der Waals surface area contributed by atoms with Crippen molar-refractivity contribution in [3.05, 3.63) is 54.0 Å². The zero-order chi connectivity index (χ0) is 16.8. The minimum Gasteiger partial charge on any atom is -0.474 e. The van der Waals surface area contributed by atoms with Crippen LogP contribution in [0.2, 0.25) is 0 Å². The van der Waals surface area contributed by atoms with E-state index < -0.39 is 0 Å². The highest BCUT2D eigenvalue weighted by Gasteiger charge is 2.23. The number of aromatic nitrogens is 2. The van der Waals surface area contributed by atoms with Crippen LogP contribution in [0.4, 0.5) is 0 Å². The topological polar surface area (TPSA) is 64.1 Å². The van der Waals surface area contributed by atoms with E-state index in [1.165, 1.54) is 0 Å². The van der Waals surface area contributed by atoms with E-state index in [2.05, 4.69) is 15.3 Å². The maximum Gasteiger partial charge on any atom is 0.224 e. The molecule has 1 aliphatic rings. The lowest BCUT2D eigenvalue weighted by Crippen LogP contribution is -2.40. The standard InChI is InChI=1S/C19H23N3O2/c1-14-4-9-19(21-12-14)24-17-7-5-16(6-8-17)22-18(23)11-15-3-2-10-20-13-15/h2-4,9-10,12-13,16-17H,5-8,11H2,1H3,(H,22,23). The van der Waals surface area contributed by atoms with Crippen molar-refractivity contribution in [2.45, 2.75) is 51.2 Å². The van der Waals surface area contributed by atoms with E-state index in [0.29, 0.717) is 12.3 Å². The summed E-state index contributed by atoms with van der Waals surface area (Å²) in [4.78, 5) is 20.4. The van der Waals surface area contributed by atoms with Crippen LogP contribution in [0.3, 0.4) is 0 Å². The third-order valence-electron chi connectivity index (χ3n) is 4.30. The number of aryl methyl sites for hydroxylation is 1. The van der Waals surface area contributed by atoms with E-state index >= 15 is 0 Å². The summed E-state index contributed by atoms with van der Waals surface area (Å²) in [5, 5.41) is 3.12. The molecule has 1 fully saturated rings. The van der Waals surface area contributed by atoms with Gasteiger partial charge in [-0.05, 0) is 49.8 Å². The second-order valence-electron chi connectivity index (χ2n) is 6.37. The number of nitrogens with one attached hydrogen (secondary N) is 1. The molecule has 0 aromatic carbocycles. The monoisotopic (exact) mass is 325 g/mol.